The monoisotopic (exact) mass is 357 g/mol. The van der Waals surface area contributed by atoms with Crippen molar-refractivity contribution in [3.05, 3.63) is 53.6 Å². The third-order valence-corrected chi connectivity index (χ3v) is 3.89. The van der Waals surface area contributed by atoms with Gasteiger partial charge in [0.2, 0.25) is 5.88 Å². The summed E-state index contributed by atoms with van der Waals surface area (Å²) in [5.41, 5.74) is 1.10. The van der Waals surface area contributed by atoms with Gasteiger partial charge in [0, 0.05) is 17.0 Å². The standard InChI is InChI=1S/C18H16ClN3O3/c1-2-22-15-9-4-3-8-14(15)17(18(22)24)21-20-16(23)11-25-13-7-5-6-12(19)10-13/h3-10,24H,2,11H2,1H3. The van der Waals surface area contributed by atoms with Crippen molar-refractivity contribution < 1.29 is 14.6 Å². The van der Waals surface area contributed by atoms with Crippen LogP contribution in [0, 0.1) is 0 Å². The molecular formula is C18H16ClN3O3. The molecule has 0 aliphatic carbocycles. The quantitative estimate of drug-likeness (QED) is 0.672. The number of ether oxygens (including phenoxy) is 1. The first kappa shape index (κ1) is 17.0. The van der Waals surface area contributed by atoms with E-state index in [2.05, 4.69) is 10.2 Å². The largest absolute Gasteiger partial charge is 0.493 e. The number of carbonyl (C=O) groups excluding carboxylic acids is 1. The highest BCUT2D eigenvalue weighted by Gasteiger charge is 2.15. The number of para-hydroxylation sites is 1. The van der Waals surface area contributed by atoms with Crippen LogP contribution in [0.2, 0.25) is 5.02 Å². The summed E-state index contributed by atoms with van der Waals surface area (Å²) < 4.78 is 7.03. The lowest BCUT2D eigenvalue weighted by Crippen LogP contribution is -2.07. The van der Waals surface area contributed by atoms with Crippen molar-refractivity contribution in [2.75, 3.05) is 6.61 Å². The van der Waals surface area contributed by atoms with Crippen LogP contribution in [0.3, 0.4) is 0 Å². The Kier molecular flexibility index (Phi) is 5.00. The summed E-state index contributed by atoms with van der Waals surface area (Å²) >= 11 is 5.85. The summed E-state index contributed by atoms with van der Waals surface area (Å²) in [7, 11) is 0. The van der Waals surface area contributed by atoms with Crippen molar-refractivity contribution in [3.8, 4) is 11.6 Å². The molecule has 0 aliphatic heterocycles. The van der Waals surface area contributed by atoms with Gasteiger partial charge in [-0.25, -0.2) is 0 Å². The van der Waals surface area contributed by atoms with Crippen molar-refractivity contribution in [2.45, 2.75) is 13.5 Å². The topological polar surface area (TPSA) is 76.2 Å². The van der Waals surface area contributed by atoms with Gasteiger partial charge in [0.25, 0.3) is 0 Å². The number of hydrogen-bond donors (Lipinski definition) is 1. The fourth-order valence-corrected chi connectivity index (χ4v) is 2.71. The summed E-state index contributed by atoms with van der Waals surface area (Å²) in [5, 5.41) is 19.1. The molecule has 6 nitrogen and oxygen atoms in total. The maximum absolute atomic E-state index is 11.9. The van der Waals surface area contributed by atoms with Crippen molar-refractivity contribution in [2.24, 2.45) is 10.2 Å². The molecule has 25 heavy (non-hydrogen) atoms. The zero-order valence-electron chi connectivity index (χ0n) is 13.5. The molecule has 0 atom stereocenters. The van der Waals surface area contributed by atoms with E-state index in [9.17, 15) is 9.90 Å². The van der Waals surface area contributed by atoms with Gasteiger partial charge in [-0.2, -0.15) is 0 Å². The zero-order valence-corrected chi connectivity index (χ0v) is 14.3. The average molecular weight is 358 g/mol. The minimum Gasteiger partial charge on any atom is -0.493 e. The first-order valence-electron chi connectivity index (χ1n) is 7.73. The number of nitrogens with zero attached hydrogens (tertiary/aromatic N) is 3. The molecule has 0 aliphatic rings. The number of aromatic nitrogens is 1. The van der Waals surface area contributed by atoms with Gasteiger partial charge in [-0.3, -0.25) is 4.79 Å². The van der Waals surface area contributed by atoms with Crippen molar-refractivity contribution >= 4 is 34.1 Å². The van der Waals surface area contributed by atoms with E-state index >= 15 is 0 Å². The molecule has 1 aromatic heterocycles. The van der Waals surface area contributed by atoms with Crippen LogP contribution in [0.1, 0.15) is 6.92 Å². The Morgan fingerprint density at radius 2 is 2.04 bits per heavy atom. The molecule has 0 saturated carbocycles. The van der Waals surface area contributed by atoms with Gasteiger partial charge in [0.05, 0.1) is 5.52 Å². The smallest absolute Gasteiger partial charge is 0.302 e. The van der Waals surface area contributed by atoms with Gasteiger partial charge < -0.3 is 14.4 Å². The highest BCUT2D eigenvalue weighted by atomic mass is 35.5. The fraction of sp³-hybridized carbons (Fsp3) is 0.167. The zero-order chi connectivity index (χ0) is 17.8. The molecule has 0 unspecified atom stereocenters. The van der Waals surface area contributed by atoms with Crippen LogP contribution in [0.25, 0.3) is 10.9 Å². The molecule has 3 rings (SSSR count). The Labute approximate surface area is 149 Å². The van der Waals surface area contributed by atoms with E-state index in [0.717, 1.165) is 10.9 Å². The number of fused-ring (bicyclic) bond motifs is 1. The van der Waals surface area contributed by atoms with E-state index in [4.69, 9.17) is 16.3 Å². The summed E-state index contributed by atoms with van der Waals surface area (Å²) in [4.78, 5) is 11.9. The van der Waals surface area contributed by atoms with Crippen LogP contribution in [-0.2, 0) is 11.3 Å². The molecule has 2 aromatic carbocycles. The maximum Gasteiger partial charge on any atom is 0.302 e. The van der Waals surface area contributed by atoms with E-state index in [1.807, 2.05) is 31.2 Å². The fourth-order valence-electron chi connectivity index (χ4n) is 2.53. The second-order valence-corrected chi connectivity index (χ2v) is 5.71. The Hall–Kier alpha value is -2.86. The predicted octanol–water partition coefficient (Wildman–Crippen LogP) is 4.71. The van der Waals surface area contributed by atoms with E-state index in [1.54, 1.807) is 28.8 Å². The minimum absolute atomic E-state index is 0.0176. The summed E-state index contributed by atoms with van der Waals surface area (Å²) in [6, 6.07) is 14.1. The molecule has 0 bridgehead atoms. The van der Waals surface area contributed by atoms with Crippen molar-refractivity contribution in [1.82, 2.24) is 4.57 Å². The lowest BCUT2D eigenvalue weighted by molar-refractivity contribution is -0.120. The molecule has 1 N–H and O–H groups in total. The second-order valence-electron chi connectivity index (χ2n) is 5.27. The Morgan fingerprint density at radius 3 is 2.80 bits per heavy atom. The number of benzene rings is 2. The Bertz CT molecular complexity index is 950. The third kappa shape index (κ3) is 3.64. The lowest BCUT2D eigenvalue weighted by Gasteiger charge is -2.02. The normalized spacial score (nSPS) is 11.3. The Balaban J connectivity index is 1.76. The highest BCUT2D eigenvalue weighted by Crippen LogP contribution is 2.38. The summed E-state index contributed by atoms with van der Waals surface area (Å²) in [6.07, 6.45) is 0. The van der Waals surface area contributed by atoms with E-state index < -0.39 is 5.91 Å². The number of aromatic hydroxyl groups is 1. The molecule has 1 heterocycles. The summed E-state index contributed by atoms with van der Waals surface area (Å²) in [5.74, 6) is -0.106. The molecule has 1 amide bonds. The molecule has 0 radical (unpaired) electrons. The summed E-state index contributed by atoms with van der Waals surface area (Å²) in [6.45, 7) is 2.22. The molecule has 128 valence electrons. The van der Waals surface area contributed by atoms with Crippen LogP contribution in [0.4, 0.5) is 5.69 Å². The molecular weight excluding hydrogens is 342 g/mol. The van der Waals surface area contributed by atoms with Gasteiger partial charge in [-0.1, -0.05) is 35.9 Å². The number of aryl methyl sites for hydroxylation is 1. The minimum atomic E-state index is -0.562. The number of rotatable bonds is 5. The first-order valence-corrected chi connectivity index (χ1v) is 8.11. The van der Waals surface area contributed by atoms with Crippen LogP contribution in [0.15, 0.2) is 58.8 Å². The van der Waals surface area contributed by atoms with Crippen molar-refractivity contribution in [1.29, 1.82) is 0 Å². The SMILES string of the molecule is CCn1c(O)c(N=NC(=O)COc2cccc(Cl)c2)c2ccccc21. The van der Waals surface area contributed by atoms with Gasteiger partial charge in [-0.05, 0) is 31.2 Å². The number of hydrogen-bond acceptors (Lipinski definition) is 4. The molecule has 0 saturated heterocycles. The van der Waals surface area contributed by atoms with Gasteiger partial charge in [0.1, 0.15) is 5.75 Å². The number of azo groups is 1. The van der Waals surface area contributed by atoms with Gasteiger partial charge >= 0.3 is 5.91 Å². The molecule has 0 spiro atoms. The molecule has 7 heteroatoms. The third-order valence-electron chi connectivity index (χ3n) is 3.65. The van der Waals surface area contributed by atoms with Crippen LogP contribution in [0.5, 0.6) is 11.6 Å². The maximum atomic E-state index is 11.9. The predicted molar refractivity (Wildman–Crippen MR) is 95.7 cm³/mol. The van der Waals surface area contributed by atoms with Gasteiger partial charge in [-0.15, -0.1) is 10.2 Å². The van der Waals surface area contributed by atoms with E-state index in [0.29, 0.717) is 17.3 Å². The second kappa shape index (κ2) is 7.36. The first-order chi connectivity index (χ1) is 12.1. The average Bonchev–Trinajstić information content (AvgIpc) is 2.89. The van der Waals surface area contributed by atoms with Gasteiger partial charge in [0.15, 0.2) is 12.3 Å². The number of carbonyl (C=O) groups is 1. The van der Waals surface area contributed by atoms with E-state index in [1.165, 1.54) is 0 Å². The number of amides is 1. The van der Waals surface area contributed by atoms with E-state index in [-0.39, 0.29) is 18.2 Å². The Morgan fingerprint density at radius 1 is 1.24 bits per heavy atom. The van der Waals surface area contributed by atoms with Crippen LogP contribution >= 0.6 is 11.6 Å². The molecule has 0 fully saturated rings. The lowest BCUT2D eigenvalue weighted by atomic mass is 10.2. The van der Waals surface area contributed by atoms with Crippen LogP contribution < -0.4 is 4.74 Å². The highest BCUT2D eigenvalue weighted by molar-refractivity contribution is 6.30. The molecule has 3 aromatic rings. The van der Waals surface area contributed by atoms with Crippen LogP contribution in [-0.4, -0.2) is 22.2 Å². The number of halogens is 1. The van der Waals surface area contributed by atoms with Crippen molar-refractivity contribution in [3.63, 3.8) is 0 Å².